The highest BCUT2D eigenvalue weighted by atomic mass is 32.2. The van der Waals surface area contributed by atoms with Crippen molar-refractivity contribution in [2.45, 2.75) is 38.4 Å². The third-order valence-corrected chi connectivity index (χ3v) is 6.61. The quantitative estimate of drug-likeness (QED) is 0.376. The molecule has 8 heteroatoms. The summed E-state index contributed by atoms with van der Waals surface area (Å²) < 4.78 is 11.4. The second-order valence-corrected chi connectivity index (χ2v) is 9.05. The van der Waals surface area contributed by atoms with Crippen molar-refractivity contribution >= 4 is 34.7 Å². The van der Waals surface area contributed by atoms with Crippen LogP contribution in [0.15, 0.2) is 40.9 Å². The van der Waals surface area contributed by atoms with Gasteiger partial charge in [0.25, 0.3) is 0 Å². The molecule has 1 aliphatic heterocycles. The molecular formula is C23H25N3O3S2. The Balaban J connectivity index is 1.56. The zero-order valence-corrected chi connectivity index (χ0v) is 19.5. The van der Waals surface area contributed by atoms with Crippen LogP contribution < -0.4 is 14.4 Å². The van der Waals surface area contributed by atoms with Crippen LogP contribution in [-0.4, -0.2) is 35.3 Å². The molecule has 0 N–H and O–H groups in total. The molecule has 0 saturated carbocycles. The maximum absolute atomic E-state index is 13.4. The lowest BCUT2D eigenvalue weighted by atomic mass is 10.1. The largest absolute Gasteiger partial charge is 0.486 e. The van der Waals surface area contributed by atoms with Crippen LogP contribution in [0.25, 0.3) is 0 Å². The number of carbonyl (C=O) groups is 1. The van der Waals surface area contributed by atoms with Crippen LogP contribution >= 0.6 is 23.1 Å². The number of aromatic nitrogens is 2. The topological polar surface area (TPSA) is 64.6 Å². The third-order valence-electron chi connectivity index (χ3n) is 5.20. The molecule has 1 amide bonds. The molecule has 6 nitrogen and oxygen atoms in total. The number of ether oxygens (including phenoxy) is 2. The zero-order valence-electron chi connectivity index (χ0n) is 17.9. The molecule has 0 atom stereocenters. The number of thiophene rings is 1. The van der Waals surface area contributed by atoms with E-state index in [0.29, 0.717) is 38.3 Å². The highest BCUT2D eigenvalue weighted by Gasteiger charge is 2.21. The number of carbonyl (C=O) groups excluding carboxylic acids is 1. The van der Waals surface area contributed by atoms with Gasteiger partial charge < -0.3 is 14.4 Å². The lowest BCUT2D eigenvalue weighted by Gasteiger charge is -2.25. The number of hydrogen-bond acceptors (Lipinski definition) is 7. The first-order valence-corrected chi connectivity index (χ1v) is 12.3. The Morgan fingerprint density at radius 1 is 1.13 bits per heavy atom. The molecule has 4 rings (SSSR count). The van der Waals surface area contributed by atoms with E-state index in [1.807, 2.05) is 60.7 Å². The number of thioether (sulfide) groups is 1. The van der Waals surface area contributed by atoms with E-state index >= 15 is 0 Å². The molecule has 31 heavy (non-hydrogen) atoms. The summed E-state index contributed by atoms with van der Waals surface area (Å²) in [5.74, 6) is 1.45. The second-order valence-electron chi connectivity index (χ2n) is 7.25. The van der Waals surface area contributed by atoms with Gasteiger partial charge in [0.1, 0.15) is 13.2 Å². The van der Waals surface area contributed by atoms with Gasteiger partial charge in [-0.1, -0.05) is 17.8 Å². The molecule has 162 valence electrons. The van der Waals surface area contributed by atoms with Crippen molar-refractivity contribution in [3.63, 3.8) is 0 Å². The fraction of sp³-hybridized carbons (Fsp3) is 0.348. The zero-order chi connectivity index (χ0) is 21.8. The fourth-order valence-corrected chi connectivity index (χ4v) is 4.76. The minimum absolute atomic E-state index is 0.0535. The predicted molar refractivity (Wildman–Crippen MR) is 125 cm³/mol. The number of aryl methyl sites for hydroxylation is 2. The number of rotatable bonds is 7. The average Bonchev–Trinajstić information content (AvgIpc) is 3.29. The lowest BCUT2D eigenvalue weighted by molar-refractivity contribution is -0.118. The SMILES string of the molecule is CSc1nc(C)c(CCC(=O)N(Cc2cccs2)c2ccc3c(c2)OCCO3)c(C)n1. The summed E-state index contributed by atoms with van der Waals surface area (Å²) in [5.41, 5.74) is 3.73. The normalized spacial score (nSPS) is 12.6. The highest BCUT2D eigenvalue weighted by molar-refractivity contribution is 7.98. The van der Waals surface area contributed by atoms with Crippen LogP contribution in [0.5, 0.6) is 11.5 Å². The van der Waals surface area contributed by atoms with E-state index < -0.39 is 0 Å². The van der Waals surface area contributed by atoms with Crippen LogP contribution in [0, 0.1) is 13.8 Å². The maximum atomic E-state index is 13.4. The molecule has 0 saturated heterocycles. The van der Waals surface area contributed by atoms with E-state index in [0.717, 1.165) is 38.4 Å². The molecular weight excluding hydrogens is 430 g/mol. The average molecular weight is 456 g/mol. The van der Waals surface area contributed by atoms with Crippen LogP contribution in [0.1, 0.15) is 28.2 Å². The van der Waals surface area contributed by atoms with Gasteiger partial charge in [0, 0.05) is 34.4 Å². The van der Waals surface area contributed by atoms with Gasteiger partial charge in [-0.3, -0.25) is 4.79 Å². The minimum Gasteiger partial charge on any atom is -0.486 e. The highest BCUT2D eigenvalue weighted by Crippen LogP contribution is 2.35. The summed E-state index contributed by atoms with van der Waals surface area (Å²) in [6.07, 6.45) is 2.95. The summed E-state index contributed by atoms with van der Waals surface area (Å²) in [6.45, 7) is 5.55. The number of amides is 1. The Morgan fingerprint density at radius 3 is 2.55 bits per heavy atom. The van der Waals surface area contributed by atoms with Gasteiger partial charge in [0.05, 0.1) is 6.54 Å². The van der Waals surface area contributed by atoms with Gasteiger partial charge in [0.15, 0.2) is 16.7 Å². The maximum Gasteiger partial charge on any atom is 0.227 e. The standard InChI is InChI=1S/C23H25N3O3S2/c1-15-19(16(2)25-23(24-15)30-3)7-9-22(27)26(14-18-5-4-12-31-18)17-6-8-20-21(13-17)29-11-10-28-20/h4-6,8,12-13H,7,9-11,14H2,1-3H3. The van der Waals surface area contributed by atoms with E-state index in [-0.39, 0.29) is 5.91 Å². The molecule has 0 unspecified atom stereocenters. The van der Waals surface area contributed by atoms with E-state index in [1.54, 1.807) is 11.3 Å². The molecule has 1 aromatic carbocycles. The summed E-state index contributed by atoms with van der Waals surface area (Å²) in [6, 6.07) is 9.75. The monoisotopic (exact) mass is 455 g/mol. The van der Waals surface area contributed by atoms with Crippen LogP contribution in [0.2, 0.25) is 0 Å². The first-order chi connectivity index (χ1) is 15.0. The molecule has 3 heterocycles. The van der Waals surface area contributed by atoms with Gasteiger partial charge in [-0.25, -0.2) is 9.97 Å². The molecule has 0 radical (unpaired) electrons. The van der Waals surface area contributed by atoms with Crippen molar-refractivity contribution in [1.82, 2.24) is 9.97 Å². The number of anilines is 1. The van der Waals surface area contributed by atoms with Crippen molar-refractivity contribution in [2.75, 3.05) is 24.4 Å². The number of hydrogen-bond donors (Lipinski definition) is 0. The van der Waals surface area contributed by atoms with Gasteiger partial charge in [-0.2, -0.15) is 0 Å². The Morgan fingerprint density at radius 2 is 1.87 bits per heavy atom. The van der Waals surface area contributed by atoms with Gasteiger partial charge in [-0.05, 0) is 55.7 Å². The number of fused-ring (bicyclic) bond motifs is 1. The number of nitrogens with zero attached hydrogens (tertiary/aromatic N) is 3. The summed E-state index contributed by atoms with van der Waals surface area (Å²) in [4.78, 5) is 25.4. The van der Waals surface area contributed by atoms with Crippen LogP contribution in [0.4, 0.5) is 5.69 Å². The molecule has 0 bridgehead atoms. The van der Waals surface area contributed by atoms with Crippen molar-refractivity contribution in [2.24, 2.45) is 0 Å². The Hall–Kier alpha value is -2.58. The van der Waals surface area contributed by atoms with E-state index in [9.17, 15) is 4.79 Å². The fourth-order valence-electron chi connectivity index (χ4n) is 3.61. The van der Waals surface area contributed by atoms with E-state index in [4.69, 9.17) is 9.47 Å². The van der Waals surface area contributed by atoms with Gasteiger partial charge >= 0.3 is 0 Å². The van der Waals surface area contributed by atoms with Crippen molar-refractivity contribution in [3.8, 4) is 11.5 Å². The molecule has 3 aromatic rings. The van der Waals surface area contributed by atoms with Gasteiger partial charge in [-0.15, -0.1) is 11.3 Å². The molecule has 0 aliphatic carbocycles. The summed E-state index contributed by atoms with van der Waals surface area (Å²) in [7, 11) is 0. The summed E-state index contributed by atoms with van der Waals surface area (Å²) in [5, 5.41) is 2.79. The smallest absolute Gasteiger partial charge is 0.227 e. The van der Waals surface area contributed by atoms with Crippen molar-refractivity contribution in [1.29, 1.82) is 0 Å². The Labute approximate surface area is 190 Å². The Bertz CT molecular complexity index is 1050. The van der Waals surface area contributed by atoms with Crippen LogP contribution in [-0.2, 0) is 17.8 Å². The molecule has 0 spiro atoms. The lowest BCUT2D eigenvalue weighted by Crippen LogP contribution is -2.30. The van der Waals surface area contributed by atoms with Crippen LogP contribution in [0.3, 0.4) is 0 Å². The minimum atomic E-state index is 0.0535. The second kappa shape index (κ2) is 9.70. The summed E-state index contributed by atoms with van der Waals surface area (Å²) >= 11 is 3.17. The molecule has 0 fully saturated rings. The van der Waals surface area contributed by atoms with E-state index in [1.165, 1.54) is 11.8 Å². The van der Waals surface area contributed by atoms with E-state index in [2.05, 4.69) is 9.97 Å². The van der Waals surface area contributed by atoms with Crippen molar-refractivity contribution < 1.29 is 14.3 Å². The third kappa shape index (κ3) is 5.02. The first kappa shape index (κ1) is 21.6. The molecule has 2 aromatic heterocycles. The van der Waals surface area contributed by atoms with Gasteiger partial charge in [0.2, 0.25) is 5.91 Å². The molecule has 1 aliphatic rings. The van der Waals surface area contributed by atoms with Crippen molar-refractivity contribution in [3.05, 3.63) is 57.5 Å². The predicted octanol–water partition coefficient (Wildman–Crippen LogP) is 4.81. The number of benzene rings is 1. The first-order valence-electron chi connectivity index (χ1n) is 10.2. The Kier molecular flexibility index (Phi) is 6.77.